The topological polar surface area (TPSA) is 116 Å². The first kappa shape index (κ1) is 22.3. The molecule has 1 fully saturated rings. The third-order valence-corrected chi connectivity index (χ3v) is 6.08. The lowest BCUT2D eigenvalue weighted by Crippen LogP contribution is -2.29. The first-order valence-corrected chi connectivity index (χ1v) is 11.1. The predicted molar refractivity (Wildman–Crippen MR) is 132 cm³/mol. The number of rotatable bonds is 6. The minimum Gasteiger partial charge on any atom is -0.478 e. The number of hydrogen-bond acceptors (Lipinski definition) is 5. The fourth-order valence-electron chi connectivity index (χ4n) is 4.19. The average Bonchev–Trinajstić information content (AvgIpc) is 3.49. The van der Waals surface area contributed by atoms with Crippen molar-refractivity contribution in [3.63, 3.8) is 0 Å². The number of nitrogens with one attached hydrogen (secondary N) is 1. The van der Waals surface area contributed by atoms with Gasteiger partial charge in [0.05, 0.1) is 22.9 Å². The smallest absolute Gasteiger partial charge is 0.335 e. The number of aromatic carboxylic acids is 2. The molecule has 2 aromatic carbocycles. The van der Waals surface area contributed by atoms with Crippen molar-refractivity contribution in [1.29, 1.82) is 0 Å². The highest BCUT2D eigenvalue weighted by atomic mass is 32.1. The molecule has 1 aliphatic heterocycles. The summed E-state index contributed by atoms with van der Waals surface area (Å²) in [6, 6.07) is 21.9. The average molecular weight is 486 g/mol. The van der Waals surface area contributed by atoms with E-state index in [4.69, 9.17) is 16.6 Å². The summed E-state index contributed by atoms with van der Waals surface area (Å²) in [5.41, 5.74) is 1.71. The number of aromatic nitrogens is 1. The zero-order valence-corrected chi connectivity index (χ0v) is 19.0. The number of carboxylic acids is 2. The fraction of sp³-hybridized carbons (Fsp3) is 0.0769. The van der Waals surface area contributed by atoms with Gasteiger partial charge in [-0.05, 0) is 66.8 Å². The molecule has 0 bridgehead atoms. The van der Waals surface area contributed by atoms with E-state index in [0.29, 0.717) is 22.2 Å². The van der Waals surface area contributed by atoms with Gasteiger partial charge in [0.1, 0.15) is 17.6 Å². The third kappa shape index (κ3) is 4.24. The molecule has 8 nitrogen and oxygen atoms in total. The number of benzene rings is 2. The molecule has 0 radical (unpaired) electrons. The highest BCUT2D eigenvalue weighted by Crippen LogP contribution is 2.42. The largest absolute Gasteiger partial charge is 0.478 e. The van der Waals surface area contributed by atoms with Crippen LogP contribution in [0.15, 0.2) is 89.5 Å². The summed E-state index contributed by atoms with van der Waals surface area (Å²) in [7, 11) is 0. The Morgan fingerprint density at radius 1 is 0.914 bits per heavy atom. The summed E-state index contributed by atoms with van der Waals surface area (Å²) in [5.74, 6) is -1.55. The lowest BCUT2D eigenvalue weighted by atomic mass is 10.0. The van der Waals surface area contributed by atoms with Crippen LogP contribution in [0.5, 0.6) is 0 Å². The van der Waals surface area contributed by atoms with Crippen LogP contribution in [0, 0.1) is 0 Å². The molecule has 0 aliphatic carbocycles. The van der Waals surface area contributed by atoms with Crippen molar-refractivity contribution in [2.45, 2.75) is 12.1 Å². The summed E-state index contributed by atoms with van der Waals surface area (Å²) in [6.45, 7) is 0. The highest BCUT2D eigenvalue weighted by Gasteiger charge is 2.42. The summed E-state index contributed by atoms with van der Waals surface area (Å²) in [6.07, 6.45) is 1.71. The monoisotopic (exact) mass is 485 g/mol. The van der Waals surface area contributed by atoms with E-state index in [2.05, 4.69) is 10.3 Å². The Kier molecular flexibility index (Phi) is 5.76. The first-order valence-electron chi connectivity index (χ1n) is 10.7. The number of thiocarbonyl (C=S) groups is 1. The number of nitrogens with zero attached hydrogens (tertiary/aromatic N) is 2. The SMILES string of the molecule is O=C(O)c1cc(C(=O)O)cc(-c2ccc([C@H]3[C@H](c4ccccn4)NC(=S)N3c3ccccc3)o2)c1. The maximum absolute atomic E-state index is 11.5. The van der Waals surface area contributed by atoms with Gasteiger partial charge < -0.3 is 24.8 Å². The highest BCUT2D eigenvalue weighted by molar-refractivity contribution is 7.80. The molecule has 1 saturated heterocycles. The maximum Gasteiger partial charge on any atom is 0.335 e. The van der Waals surface area contributed by atoms with Crippen LogP contribution >= 0.6 is 12.2 Å². The quantitative estimate of drug-likeness (QED) is 0.327. The molecule has 0 saturated carbocycles. The van der Waals surface area contributed by atoms with Gasteiger partial charge >= 0.3 is 11.9 Å². The fourth-order valence-corrected chi connectivity index (χ4v) is 4.54. The van der Waals surface area contributed by atoms with Crippen LogP contribution in [0.1, 0.15) is 44.3 Å². The van der Waals surface area contributed by atoms with Crippen molar-refractivity contribution in [1.82, 2.24) is 10.3 Å². The predicted octanol–water partition coefficient (Wildman–Crippen LogP) is 4.92. The standard InChI is InChI=1S/C26H19N3O5S/c30-24(31)16-12-15(13-17(14-16)25(32)33)20-9-10-21(34-20)23-22(19-8-4-5-11-27-19)28-26(35)29(23)18-6-2-1-3-7-18/h1-14,22-23H,(H,28,35)(H,30,31)(H,32,33)/t22-,23-/m0/s1. The number of carboxylic acid groups (broad SMARTS) is 2. The molecule has 174 valence electrons. The van der Waals surface area contributed by atoms with Crippen LogP contribution in [0.2, 0.25) is 0 Å². The number of anilines is 1. The van der Waals surface area contributed by atoms with Gasteiger partial charge in [-0.15, -0.1) is 0 Å². The van der Waals surface area contributed by atoms with E-state index in [1.54, 1.807) is 18.3 Å². The van der Waals surface area contributed by atoms with Crippen LogP contribution in [0.4, 0.5) is 5.69 Å². The van der Waals surface area contributed by atoms with E-state index >= 15 is 0 Å². The van der Waals surface area contributed by atoms with E-state index in [-0.39, 0.29) is 17.2 Å². The van der Waals surface area contributed by atoms with Crippen LogP contribution in [-0.2, 0) is 0 Å². The Hall–Kier alpha value is -4.50. The lowest BCUT2D eigenvalue weighted by molar-refractivity contribution is 0.0696. The first-order chi connectivity index (χ1) is 16.9. The van der Waals surface area contributed by atoms with Crippen LogP contribution < -0.4 is 10.2 Å². The molecule has 0 amide bonds. The second-order valence-electron chi connectivity index (χ2n) is 7.94. The molecule has 2 aromatic heterocycles. The van der Waals surface area contributed by atoms with Crippen LogP contribution in [0.3, 0.4) is 0 Å². The van der Waals surface area contributed by atoms with Crippen molar-refractivity contribution in [2.75, 3.05) is 4.90 Å². The second-order valence-corrected chi connectivity index (χ2v) is 8.33. The van der Waals surface area contributed by atoms with Gasteiger partial charge in [0.15, 0.2) is 5.11 Å². The Balaban J connectivity index is 1.61. The Morgan fingerprint density at radius 2 is 1.60 bits per heavy atom. The van der Waals surface area contributed by atoms with Gasteiger partial charge in [-0.2, -0.15) is 0 Å². The van der Waals surface area contributed by atoms with E-state index in [9.17, 15) is 19.8 Å². The number of furan rings is 1. The van der Waals surface area contributed by atoms with Crippen molar-refractivity contribution in [3.05, 3.63) is 108 Å². The third-order valence-electron chi connectivity index (χ3n) is 5.76. The number of hydrogen-bond donors (Lipinski definition) is 3. The molecule has 35 heavy (non-hydrogen) atoms. The number of para-hydroxylation sites is 1. The molecule has 2 atom stereocenters. The molecule has 9 heteroatoms. The van der Waals surface area contributed by atoms with Crippen LogP contribution in [-0.4, -0.2) is 32.2 Å². The Bertz CT molecular complexity index is 1390. The van der Waals surface area contributed by atoms with Gasteiger partial charge in [0.25, 0.3) is 0 Å². The molecule has 4 aromatic rings. The Labute approximate surface area is 205 Å². The Morgan fingerprint density at radius 3 is 2.23 bits per heavy atom. The summed E-state index contributed by atoms with van der Waals surface area (Å²) in [4.78, 5) is 29.6. The second kappa shape index (κ2) is 9.03. The molecule has 3 N–H and O–H groups in total. The van der Waals surface area contributed by atoms with Crippen molar-refractivity contribution in [2.24, 2.45) is 0 Å². The van der Waals surface area contributed by atoms with Gasteiger partial charge in [-0.1, -0.05) is 24.3 Å². The van der Waals surface area contributed by atoms with Crippen molar-refractivity contribution < 1.29 is 24.2 Å². The normalized spacial score (nSPS) is 17.3. The van der Waals surface area contributed by atoms with Gasteiger partial charge in [-0.3, -0.25) is 4.98 Å². The van der Waals surface area contributed by atoms with E-state index in [1.165, 1.54) is 12.1 Å². The van der Waals surface area contributed by atoms with Crippen LogP contribution in [0.25, 0.3) is 11.3 Å². The molecular formula is C26H19N3O5S. The maximum atomic E-state index is 11.5. The van der Waals surface area contributed by atoms with Crippen molar-refractivity contribution >= 4 is 35.0 Å². The minimum absolute atomic E-state index is 0.140. The molecule has 5 rings (SSSR count). The molecule has 0 unspecified atom stereocenters. The van der Waals surface area contributed by atoms with Gasteiger partial charge in [0, 0.05) is 17.4 Å². The van der Waals surface area contributed by atoms with E-state index in [0.717, 1.165) is 17.4 Å². The molecular weight excluding hydrogens is 466 g/mol. The zero-order chi connectivity index (χ0) is 24.5. The van der Waals surface area contributed by atoms with E-state index < -0.39 is 18.0 Å². The molecule has 1 aliphatic rings. The van der Waals surface area contributed by atoms with Gasteiger partial charge in [0.2, 0.25) is 0 Å². The zero-order valence-electron chi connectivity index (χ0n) is 18.2. The molecule has 3 heterocycles. The number of pyridine rings is 1. The minimum atomic E-state index is -1.23. The number of carbonyl (C=O) groups is 2. The lowest BCUT2D eigenvalue weighted by Gasteiger charge is -2.26. The van der Waals surface area contributed by atoms with Gasteiger partial charge in [-0.25, -0.2) is 9.59 Å². The van der Waals surface area contributed by atoms with E-state index in [1.807, 2.05) is 53.4 Å². The summed E-state index contributed by atoms with van der Waals surface area (Å²) >= 11 is 5.68. The molecule has 0 spiro atoms. The summed E-state index contributed by atoms with van der Waals surface area (Å²) in [5, 5.41) is 22.7. The van der Waals surface area contributed by atoms with Crippen molar-refractivity contribution in [3.8, 4) is 11.3 Å². The summed E-state index contributed by atoms with van der Waals surface area (Å²) < 4.78 is 6.22.